The van der Waals surface area contributed by atoms with Gasteiger partial charge in [0.05, 0.1) is 0 Å². The molecule has 8 radical (unpaired) electrons. The second-order valence-electron chi connectivity index (χ2n) is 1.58. The Labute approximate surface area is 93.1 Å². The molecule has 1 fully saturated rings. The van der Waals surface area contributed by atoms with Gasteiger partial charge in [0.1, 0.15) is 0 Å². The first kappa shape index (κ1) is 15.7. The first-order valence-corrected chi connectivity index (χ1v) is 7.73. The van der Waals surface area contributed by atoms with Crippen LogP contribution in [0.2, 0.25) is 0 Å². The average molecular weight is 292 g/mol. The molecule has 0 unspecified atom stereocenters. The normalized spacial score (nSPS) is 14.3. The summed E-state index contributed by atoms with van der Waals surface area (Å²) in [7, 11) is 9.71. The number of unbranched alkanes of at least 4 members (excludes halogenated alkanes) is 1. The van der Waals surface area contributed by atoms with Crippen LogP contribution in [0.1, 0.15) is 6.92 Å². The summed E-state index contributed by atoms with van der Waals surface area (Å²) in [6, 6.07) is 0. The first-order chi connectivity index (χ1) is 5.83. The Morgan fingerprint density at radius 2 is 1.25 bits per heavy atom. The molecule has 0 aromatic heterocycles. The number of halogens is 2. The van der Waals surface area contributed by atoms with Gasteiger partial charge in [-0.15, -0.1) is 0 Å². The Morgan fingerprint density at radius 1 is 1.08 bits per heavy atom. The fourth-order valence-corrected chi connectivity index (χ4v) is 0.321. The van der Waals surface area contributed by atoms with Gasteiger partial charge in [-0.1, -0.05) is 6.92 Å². The van der Waals surface area contributed by atoms with Crippen LogP contribution in [-0.2, 0) is 15.1 Å². The Kier molecular flexibility index (Phi) is 23.6. The van der Waals surface area contributed by atoms with Crippen LogP contribution >= 0.6 is 19.4 Å². The summed E-state index contributed by atoms with van der Waals surface area (Å²) in [5.41, 5.74) is 0. The topological polar surface area (TPSA) is 0 Å². The molecule has 1 aliphatic carbocycles. The fourth-order valence-electron chi connectivity index (χ4n) is 0.321. The zero-order valence-corrected chi connectivity index (χ0v) is 10.1. The zero-order chi connectivity index (χ0) is 9.66. The van der Waals surface area contributed by atoms with Crippen molar-refractivity contribution in [3.8, 4) is 0 Å². The van der Waals surface area contributed by atoms with Crippen LogP contribution in [0.5, 0.6) is 0 Å². The minimum absolute atomic E-state index is 0.346. The van der Waals surface area contributed by atoms with Crippen LogP contribution in [-0.4, -0.2) is 0 Å². The van der Waals surface area contributed by atoms with Gasteiger partial charge in [-0.2, -0.15) is 0 Å². The first-order valence-electron chi connectivity index (χ1n) is 3.25. The van der Waals surface area contributed by atoms with E-state index >= 15 is 0 Å². The summed E-state index contributed by atoms with van der Waals surface area (Å²) in [4.78, 5) is 0. The van der Waals surface area contributed by atoms with E-state index < -0.39 is 0 Å². The van der Waals surface area contributed by atoms with Gasteiger partial charge in [-0.3, -0.25) is 0 Å². The summed E-state index contributed by atoms with van der Waals surface area (Å²) >= 11 is -0.346. The van der Waals surface area contributed by atoms with Crippen LogP contribution in [0, 0.1) is 51.9 Å². The summed E-state index contributed by atoms with van der Waals surface area (Å²) in [5.74, 6) is 0. The molecule has 70 valence electrons. The monoisotopic (exact) mass is 292 g/mol. The van der Waals surface area contributed by atoms with Crippen molar-refractivity contribution < 1.29 is 15.1 Å². The number of hydrogen-bond donors (Lipinski definition) is 0. The predicted molar refractivity (Wildman–Crippen MR) is 52.8 cm³/mol. The molecule has 0 atom stereocenters. The van der Waals surface area contributed by atoms with Crippen molar-refractivity contribution in [3.05, 3.63) is 51.9 Å². The van der Waals surface area contributed by atoms with Gasteiger partial charge >= 0.3 is 34.5 Å². The molecule has 0 N–H and O–H groups in total. The Hall–Kier alpha value is 1.20. The number of rotatable bonds is 1. The zero-order valence-electron chi connectivity index (χ0n) is 6.86. The summed E-state index contributed by atoms with van der Waals surface area (Å²) in [5, 5.41) is 0. The molecule has 1 rings (SSSR count). The van der Waals surface area contributed by atoms with Crippen LogP contribution < -0.4 is 0 Å². The molecule has 0 aromatic carbocycles. The molecule has 12 heavy (non-hydrogen) atoms. The van der Waals surface area contributed by atoms with Gasteiger partial charge in [-0.25, -0.2) is 0 Å². The van der Waals surface area contributed by atoms with E-state index in [1.54, 1.807) is 6.42 Å². The molecule has 0 aliphatic heterocycles. The van der Waals surface area contributed by atoms with E-state index in [1.165, 1.54) is 0 Å². The Balaban J connectivity index is 0. The van der Waals surface area contributed by atoms with E-state index in [0.717, 1.165) is 0 Å². The predicted octanol–water partition coefficient (Wildman–Crippen LogP) is 3.65. The van der Waals surface area contributed by atoms with Crippen molar-refractivity contribution in [1.82, 2.24) is 0 Å². The summed E-state index contributed by atoms with van der Waals surface area (Å²) in [6.07, 6.45) is 13.6. The third-order valence-electron chi connectivity index (χ3n) is 0.791. The fraction of sp³-hybridized carbons (Fsp3) is 0.111. The van der Waals surface area contributed by atoms with Crippen molar-refractivity contribution in [3.63, 3.8) is 0 Å². The van der Waals surface area contributed by atoms with Crippen molar-refractivity contribution in [2.75, 3.05) is 0 Å². The SMILES string of the molecule is [CH2][CH][CH]C.[CH]1[CH][CH][CH][CH]1.[Cl][Ru][Cl]. The van der Waals surface area contributed by atoms with Crippen LogP contribution in [0.4, 0.5) is 0 Å². The van der Waals surface area contributed by atoms with Crippen LogP contribution in [0.15, 0.2) is 0 Å². The molecule has 3 heteroatoms. The third-order valence-corrected chi connectivity index (χ3v) is 0.791. The van der Waals surface area contributed by atoms with Crippen molar-refractivity contribution in [2.24, 2.45) is 0 Å². The maximum absolute atomic E-state index is 4.85. The maximum atomic E-state index is 4.85. The van der Waals surface area contributed by atoms with Crippen molar-refractivity contribution in [2.45, 2.75) is 6.92 Å². The Morgan fingerprint density at radius 3 is 1.33 bits per heavy atom. The van der Waals surface area contributed by atoms with E-state index in [4.69, 9.17) is 19.4 Å². The average Bonchev–Trinajstić information content (AvgIpc) is 2.62. The Bertz CT molecular complexity index is 46.9. The van der Waals surface area contributed by atoms with Crippen LogP contribution in [0.3, 0.4) is 0 Å². The van der Waals surface area contributed by atoms with E-state index in [-0.39, 0.29) is 15.1 Å². The van der Waals surface area contributed by atoms with Gasteiger partial charge < -0.3 is 0 Å². The van der Waals surface area contributed by atoms with Gasteiger partial charge in [-0.05, 0) is 51.9 Å². The van der Waals surface area contributed by atoms with E-state index in [9.17, 15) is 0 Å². The molecule has 0 amide bonds. The van der Waals surface area contributed by atoms with Gasteiger partial charge in [0.15, 0.2) is 0 Å². The quantitative estimate of drug-likeness (QED) is 0.647. The number of hydrogen-bond acceptors (Lipinski definition) is 0. The third kappa shape index (κ3) is 22.5. The molecular formula is C9H12Cl2Ru. The van der Waals surface area contributed by atoms with Crippen molar-refractivity contribution in [1.29, 1.82) is 0 Å². The van der Waals surface area contributed by atoms with Crippen LogP contribution in [0.25, 0.3) is 0 Å². The molecule has 0 bridgehead atoms. The summed E-state index contributed by atoms with van der Waals surface area (Å²) < 4.78 is 0. The second kappa shape index (κ2) is 18.1. The molecular weight excluding hydrogens is 280 g/mol. The van der Waals surface area contributed by atoms with E-state index in [1.807, 2.05) is 45.4 Å². The van der Waals surface area contributed by atoms with E-state index in [0.29, 0.717) is 0 Å². The molecule has 1 aliphatic rings. The summed E-state index contributed by atoms with van der Waals surface area (Å²) in [6.45, 7) is 5.36. The molecule has 0 aromatic rings. The molecule has 0 nitrogen and oxygen atoms in total. The standard InChI is InChI=1S/C5H5.C4H7.2ClH.Ru/c1-2-4-5-3-1;1-3-4-2;;;/h1-5H;3-4H,1H2,2H3;2*1H;/q;;;;+2/p-2. The second-order valence-corrected chi connectivity index (χ2v) is 4.22. The molecule has 0 heterocycles. The molecule has 0 saturated heterocycles. The van der Waals surface area contributed by atoms with Gasteiger partial charge in [0.25, 0.3) is 0 Å². The van der Waals surface area contributed by atoms with Gasteiger partial charge in [0, 0.05) is 0 Å². The molecule has 1 saturated carbocycles. The minimum atomic E-state index is -0.346. The molecule has 0 spiro atoms. The van der Waals surface area contributed by atoms with Gasteiger partial charge in [0.2, 0.25) is 0 Å². The van der Waals surface area contributed by atoms with Crippen molar-refractivity contribution >= 4 is 19.4 Å². The van der Waals surface area contributed by atoms with E-state index in [2.05, 4.69) is 6.92 Å².